The Bertz CT molecular complexity index is 1350. The molecule has 0 saturated heterocycles. The van der Waals surface area contributed by atoms with Crippen LogP contribution in [-0.2, 0) is 17.6 Å². The fraction of sp³-hybridized carbons (Fsp3) is 0.440. The number of para-hydroxylation sites is 2. The van der Waals surface area contributed by atoms with Gasteiger partial charge >= 0.3 is 0 Å². The average Bonchev–Trinajstić information content (AvgIpc) is 3.38. The summed E-state index contributed by atoms with van der Waals surface area (Å²) < 4.78 is 7.51. The zero-order valence-corrected chi connectivity index (χ0v) is 21.6. The monoisotopic (exact) mass is 495 g/mol. The largest absolute Gasteiger partial charge is 0.492 e. The van der Waals surface area contributed by atoms with Crippen LogP contribution in [0.3, 0.4) is 0 Å². The third-order valence-electron chi connectivity index (χ3n) is 6.44. The fourth-order valence-corrected chi connectivity index (χ4v) is 6.53. The Balaban J connectivity index is 1.35. The molecule has 9 heteroatoms. The van der Waals surface area contributed by atoms with Crippen LogP contribution < -0.4 is 10.1 Å². The molecule has 0 saturated carbocycles. The summed E-state index contributed by atoms with van der Waals surface area (Å²) in [5, 5.41) is 13.6. The number of aryl methyl sites for hydroxylation is 1. The summed E-state index contributed by atoms with van der Waals surface area (Å²) in [4.78, 5) is 19.8. The van der Waals surface area contributed by atoms with E-state index in [1.165, 1.54) is 28.6 Å². The Morgan fingerprint density at radius 2 is 2.12 bits per heavy atom. The van der Waals surface area contributed by atoms with Gasteiger partial charge in [-0.2, -0.15) is 0 Å². The fourth-order valence-electron chi connectivity index (χ4n) is 4.56. The standard InChI is InChI=1S/C25H29N5O2S2/c1-5-32-18-9-7-6-8-17(18)27-20(31)13-33-24-29-28-22-21-16-11-10-15(25(2,3)4)12-19(16)34-23(21)26-14-30(22)24/h6-9,14-15H,5,10-13H2,1-4H3,(H,27,31)/t15-/m1/s1. The van der Waals surface area contributed by atoms with Crippen molar-refractivity contribution < 1.29 is 9.53 Å². The number of anilines is 1. The number of thiophene rings is 1. The van der Waals surface area contributed by atoms with Gasteiger partial charge in [-0.15, -0.1) is 21.5 Å². The third-order valence-corrected chi connectivity index (χ3v) is 8.55. The molecule has 0 unspecified atom stereocenters. The number of nitrogens with one attached hydrogen (secondary N) is 1. The van der Waals surface area contributed by atoms with E-state index in [2.05, 4.69) is 36.3 Å². The van der Waals surface area contributed by atoms with Gasteiger partial charge in [-0.05, 0) is 55.2 Å². The summed E-state index contributed by atoms with van der Waals surface area (Å²) in [5.41, 5.74) is 3.19. The summed E-state index contributed by atoms with van der Waals surface area (Å²) >= 11 is 3.15. The second-order valence-electron chi connectivity index (χ2n) is 9.68. The van der Waals surface area contributed by atoms with Crippen molar-refractivity contribution in [2.75, 3.05) is 17.7 Å². The zero-order chi connectivity index (χ0) is 23.9. The minimum absolute atomic E-state index is 0.121. The van der Waals surface area contributed by atoms with E-state index in [0.29, 0.717) is 34.5 Å². The van der Waals surface area contributed by atoms with Gasteiger partial charge in [-0.1, -0.05) is 44.7 Å². The number of rotatable bonds is 6. The maximum atomic E-state index is 12.6. The second-order valence-corrected chi connectivity index (χ2v) is 11.7. The SMILES string of the molecule is CCOc1ccccc1NC(=O)CSc1nnc2c3c4c(sc3ncn12)C[C@H](C(C)(C)C)CC4. The number of aromatic nitrogens is 4. The lowest BCUT2D eigenvalue weighted by Gasteiger charge is -2.33. The highest BCUT2D eigenvalue weighted by Crippen LogP contribution is 2.43. The first kappa shape index (κ1) is 23.1. The number of hydrogen-bond donors (Lipinski definition) is 1. The molecule has 0 spiro atoms. The summed E-state index contributed by atoms with van der Waals surface area (Å²) in [7, 11) is 0. The molecule has 1 N–H and O–H groups in total. The van der Waals surface area contributed by atoms with Crippen LogP contribution in [0.2, 0.25) is 0 Å². The van der Waals surface area contributed by atoms with Crippen LogP contribution >= 0.6 is 23.1 Å². The molecule has 1 aliphatic rings. The molecule has 0 aliphatic heterocycles. The Hall–Kier alpha value is -2.65. The molecule has 178 valence electrons. The minimum atomic E-state index is -0.121. The maximum Gasteiger partial charge on any atom is 0.234 e. The number of amides is 1. The van der Waals surface area contributed by atoms with Crippen LogP contribution in [0.4, 0.5) is 5.69 Å². The Morgan fingerprint density at radius 1 is 1.29 bits per heavy atom. The number of ether oxygens (including phenoxy) is 1. The van der Waals surface area contributed by atoms with Crippen molar-refractivity contribution in [1.29, 1.82) is 0 Å². The van der Waals surface area contributed by atoms with E-state index < -0.39 is 0 Å². The van der Waals surface area contributed by atoms with Gasteiger partial charge in [-0.25, -0.2) is 4.98 Å². The van der Waals surface area contributed by atoms with Crippen LogP contribution in [0, 0.1) is 11.3 Å². The molecule has 1 atom stereocenters. The maximum absolute atomic E-state index is 12.6. The van der Waals surface area contributed by atoms with Crippen molar-refractivity contribution in [3.05, 3.63) is 41.0 Å². The first-order valence-corrected chi connectivity index (χ1v) is 13.4. The normalized spacial score (nSPS) is 16.1. The first-order chi connectivity index (χ1) is 16.3. The summed E-state index contributed by atoms with van der Waals surface area (Å²) in [6, 6.07) is 7.45. The molecule has 1 aliphatic carbocycles. The van der Waals surface area contributed by atoms with Gasteiger partial charge in [0.05, 0.1) is 23.4 Å². The second kappa shape index (κ2) is 9.19. The van der Waals surface area contributed by atoms with E-state index >= 15 is 0 Å². The average molecular weight is 496 g/mol. The number of carbonyl (C=O) groups is 1. The van der Waals surface area contributed by atoms with Crippen LogP contribution in [0.1, 0.15) is 44.6 Å². The molecule has 1 aromatic carbocycles. The third kappa shape index (κ3) is 4.38. The molecule has 1 amide bonds. The Morgan fingerprint density at radius 3 is 2.91 bits per heavy atom. The van der Waals surface area contributed by atoms with Crippen molar-refractivity contribution in [2.45, 2.75) is 52.1 Å². The van der Waals surface area contributed by atoms with E-state index in [-0.39, 0.29) is 11.7 Å². The van der Waals surface area contributed by atoms with E-state index in [4.69, 9.17) is 9.72 Å². The van der Waals surface area contributed by atoms with Crippen molar-refractivity contribution in [3.63, 3.8) is 0 Å². The van der Waals surface area contributed by atoms with Crippen LogP contribution in [-0.4, -0.2) is 37.8 Å². The number of thioether (sulfide) groups is 1. The predicted molar refractivity (Wildman–Crippen MR) is 138 cm³/mol. The van der Waals surface area contributed by atoms with E-state index in [1.807, 2.05) is 35.6 Å². The molecular formula is C25H29N5O2S2. The number of carbonyl (C=O) groups excluding carboxylic acids is 1. The molecule has 0 fully saturated rings. The molecule has 5 rings (SSSR count). The van der Waals surface area contributed by atoms with Crippen molar-refractivity contribution in [2.24, 2.45) is 11.3 Å². The molecule has 3 aromatic heterocycles. The van der Waals surface area contributed by atoms with Gasteiger partial charge < -0.3 is 10.1 Å². The van der Waals surface area contributed by atoms with Gasteiger partial charge in [0.1, 0.15) is 16.9 Å². The summed E-state index contributed by atoms with van der Waals surface area (Å²) in [6.45, 7) is 9.46. The van der Waals surface area contributed by atoms with E-state index in [9.17, 15) is 4.79 Å². The lowest BCUT2D eigenvalue weighted by molar-refractivity contribution is -0.113. The number of benzene rings is 1. The van der Waals surface area contributed by atoms with Gasteiger partial charge in [0.15, 0.2) is 10.8 Å². The van der Waals surface area contributed by atoms with E-state index in [0.717, 1.165) is 28.7 Å². The highest BCUT2D eigenvalue weighted by Gasteiger charge is 2.32. The summed E-state index contributed by atoms with van der Waals surface area (Å²) in [5.74, 6) is 1.44. The highest BCUT2D eigenvalue weighted by molar-refractivity contribution is 7.99. The van der Waals surface area contributed by atoms with Crippen molar-refractivity contribution in [3.8, 4) is 5.75 Å². The molecule has 3 heterocycles. The van der Waals surface area contributed by atoms with Gasteiger partial charge in [-0.3, -0.25) is 9.20 Å². The van der Waals surface area contributed by atoms with Crippen molar-refractivity contribution in [1.82, 2.24) is 19.6 Å². The summed E-state index contributed by atoms with van der Waals surface area (Å²) in [6.07, 6.45) is 5.12. The van der Waals surface area contributed by atoms with Gasteiger partial charge in [0.25, 0.3) is 0 Å². The minimum Gasteiger partial charge on any atom is -0.492 e. The highest BCUT2D eigenvalue weighted by atomic mass is 32.2. The Labute approximate surface area is 207 Å². The molecule has 7 nitrogen and oxygen atoms in total. The number of fused-ring (bicyclic) bond motifs is 5. The molecule has 0 radical (unpaired) electrons. The van der Waals surface area contributed by atoms with Crippen molar-refractivity contribution >= 4 is 50.6 Å². The predicted octanol–water partition coefficient (Wildman–Crippen LogP) is 5.62. The van der Waals surface area contributed by atoms with E-state index in [1.54, 1.807) is 17.7 Å². The number of hydrogen-bond acceptors (Lipinski definition) is 7. The lowest BCUT2D eigenvalue weighted by Crippen LogP contribution is -2.26. The quantitative estimate of drug-likeness (QED) is 0.350. The Kier molecular flexibility index (Phi) is 6.24. The number of nitrogens with zero attached hydrogens (tertiary/aromatic N) is 4. The molecule has 0 bridgehead atoms. The first-order valence-electron chi connectivity index (χ1n) is 11.6. The lowest BCUT2D eigenvalue weighted by atomic mass is 9.72. The van der Waals surface area contributed by atoms with Crippen LogP contribution in [0.5, 0.6) is 5.75 Å². The smallest absolute Gasteiger partial charge is 0.234 e. The topological polar surface area (TPSA) is 81.4 Å². The molecule has 4 aromatic rings. The van der Waals surface area contributed by atoms with Crippen LogP contribution in [0.25, 0.3) is 15.9 Å². The van der Waals surface area contributed by atoms with Crippen LogP contribution in [0.15, 0.2) is 35.7 Å². The molecular weight excluding hydrogens is 466 g/mol. The molecule has 34 heavy (non-hydrogen) atoms. The zero-order valence-electron chi connectivity index (χ0n) is 19.9. The van der Waals surface area contributed by atoms with Gasteiger partial charge in [0.2, 0.25) is 5.91 Å². The van der Waals surface area contributed by atoms with Gasteiger partial charge in [0, 0.05) is 4.88 Å².